The van der Waals surface area contributed by atoms with E-state index in [2.05, 4.69) is 32.5 Å². The minimum atomic E-state index is -0.225. The third-order valence-corrected chi connectivity index (χ3v) is 3.71. The van der Waals surface area contributed by atoms with Gasteiger partial charge >= 0.3 is 0 Å². The number of carbonyl (C=O) groups excluding carboxylic acids is 1. The summed E-state index contributed by atoms with van der Waals surface area (Å²) in [5.74, 6) is 0.230. The van der Waals surface area contributed by atoms with E-state index in [4.69, 9.17) is 0 Å². The molecule has 3 rings (SSSR count). The van der Waals surface area contributed by atoms with Crippen molar-refractivity contribution in [1.82, 2.24) is 15.0 Å². The van der Waals surface area contributed by atoms with Gasteiger partial charge in [0.2, 0.25) is 5.95 Å². The van der Waals surface area contributed by atoms with Gasteiger partial charge in [0.05, 0.1) is 17.8 Å². The summed E-state index contributed by atoms with van der Waals surface area (Å²) in [6.07, 6.45) is 5.61. The number of carbonyl (C=O) groups is 1. The minimum Gasteiger partial charge on any atom is -0.349 e. The highest BCUT2D eigenvalue weighted by Crippen LogP contribution is 2.16. The zero-order valence-corrected chi connectivity index (χ0v) is 13.9. The average Bonchev–Trinajstić information content (AvgIpc) is 2.68. The van der Waals surface area contributed by atoms with E-state index in [9.17, 15) is 4.79 Å². The maximum atomic E-state index is 12.4. The maximum absolute atomic E-state index is 12.4. The lowest BCUT2D eigenvalue weighted by Crippen LogP contribution is -2.14. The number of benzene rings is 1. The first kappa shape index (κ1) is 16.6. The van der Waals surface area contributed by atoms with E-state index in [-0.39, 0.29) is 5.91 Å². The Hall–Kier alpha value is -3.28. The molecule has 0 saturated carbocycles. The summed E-state index contributed by atoms with van der Waals surface area (Å²) >= 11 is 0. The highest BCUT2D eigenvalue weighted by molar-refractivity contribution is 6.04. The molecule has 0 aliphatic rings. The van der Waals surface area contributed by atoms with Crippen LogP contribution in [0.4, 0.5) is 11.6 Å². The van der Waals surface area contributed by atoms with Crippen LogP contribution >= 0.6 is 0 Å². The fourth-order valence-corrected chi connectivity index (χ4v) is 2.35. The fourth-order valence-electron chi connectivity index (χ4n) is 2.35. The lowest BCUT2D eigenvalue weighted by atomic mass is 10.1. The van der Waals surface area contributed by atoms with Crippen LogP contribution in [0, 0.1) is 0 Å². The number of nitrogens with zero attached hydrogens (tertiary/aromatic N) is 3. The maximum Gasteiger partial charge on any atom is 0.258 e. The van der Waals surface area contributed by atoms with Crippen molar-refractivity contribution in [3.63, 3.8) is 0 Å². The molecule has 0 aliphatic heterocycles. The second-order valence-electron chi connectivity index (χ2n) is 5.43. The van der Waals surface area contributed by atoms with Crippen molar-refractivity contribution in [3.05, 3.63) is 77.9 Å². The van der Waals surface area contributed by atoms with Crippen LogP contribution in [-0.2, 0) is 13.0 Å². The highest BCUT2D eigenvalue weighted by Gasteiger charge is 2.09. The van der Waals surface area contributed by atoms with Crippen LogP contribution in [0.2, 0.25) is 0 Å². The van der Waals surface area contributed by atoms with Crippen LogP contribution in [0.15, 0.2) is 61.1 Å². The van der Waals surface area contributed by atoms with Crippen molar-refractivity contribution >= 4 is 17.5 Å². The van der Waals surface area contributed by atoms with Crippen molar-refractivity contribution < 1.29 is 4.79 Å². The topological polar surface area (TPSA) is 79.8 Å². The Labute approximate surface area is 146 Å². The Morgan fingerprint density at radius 3 is 2.48 bits per heavy atom. The van der Waals surface area contributed by atoms with E-state index in [1.807, 2.05) is 42.5 Å². The monoisotopic (exact) mass is 333 g/mol. The number of amides is 1. The molecule has 0 unspecified atom stereocenters. The van der Waals surface area contributed by atoms with Crippen molar-refractivity contribution in [2.45, 2.75) is 19.9 Å². The van der Waals surface area contributed by atoms with Crippen molar-refractivity contribution in [1.29, 1.82) is 0 Å². The first-order valence-electron chi connectivity index (χ1n) is 8.11. The van der Waals surface area contributed by atoms with E-state index in [0.717, 1.165) is 23.4 Å². The number of para-hydroxylation sites is 1. The summed E-state index contributed by atoms with van der Waals surface area (Å²) in [7, 11) is 0. The van der Waals surface area contributed by atoms with Gasteiger partial charge in [-0.3, -0.25) is 9.78 Å². The molecule has 6 nitrogen and oxygen atoms in total. The van der Waals surface area contributed by atoms with Gasteiger partial charge in [-0.2, -0.15) is 0 Å². The summed E-state index contributed by atoms with van der Waals surface area (Å²) in [5, 5.41) is 5.98. The zero-order valence-electron chi connectivity index (χ0n) is 13.9. The summed E-state index contributed by atoms with van der Waals surface area (Å²) in [4.78, 5) is 24.9. The van der Waals surface area contributed by atoms with Gasteiger partial charge in [0.25, 0.3) is 5.91 Å². The van der Waals surface area contributed by atoms with E-state index < -0.39 is 0 Å². The zero-order chi connectivity index (χ0) is 17.5. The van der Waals surface area contributed by atoms with Crippen LogP contribution in [-0.4, -0.2) is 20.9 Å². The van der Waals surface area contributed by atoms with Crippen molar-refractivity contribution in [3.8, 4) is 0 Å². The molecule has 0 aliphatic carbocycles. The number of hydrogen-bond donors (Lipinski definition) is 2. The first-order valence-corrected chi connectivity index (χ1v) is 8.11. The molecule has 0 atom stereocenters. The Bertz CT molecular complexity index is 834. The lowest BCUT2D eigenvalue weighted by molar-refractivity contribution is 0.102. The van der Waals surface area contributed by atoms with E-state index in [1.165, 1.54) is 12.4 Å². The molecule has 2 N–H and O–H groups in total. The Morgan fingerprint density at radius 1 is 1.00 bits per heavy atom. The SMILES string of the molecule is CCc1ccccc1NC(=O)c1cnc(NCc2ccccn2)nc1. The summed E-state index contributed by atoms with van der Waals surface area (Å²) in [5.41, 5.74) is 3.20. The Kier molecular flexibility index (Phi) is 5.31. The molecule has 1 amide bonds. The lowest BCUT2D eigenvalue weighted by Gasteiger charge is -2.09. The molecule has 0 radical (unpaired) electrons. The fraction of sp³-hybridized carbons (Fsp3) is 0.158. The quantitative estimate of drug-likeness (QED) is 0.723. The second-order valence-corrected chi connectivity index (χ2v) is 5.43. The van der Waals surface area contributed by atoms with Gasteiger partial charge in [-0.25, -0.2) is 9.97 Å². The largest absolute Gasteiger partial charge is 0.349 e. The van der Waals surface area contributed by atoms with E-state index in [0.29, 0.717) is 18.1 Å². The van der Waals surface area contributed by atoms with E-state index >= 15 is 0 Å². The summed E-state index contributed by atoms with van der Waals surface area (Å²) in [6.45, 7) is 2.58. The molecule has 0 spiro atoms. The first-order chi connectivity index (χ1) is 12.3. The number of aryl methyl sites for hydroxylation is 1. The van der Waals surface area contributed by atoms with Gasteiger partial charge < -0.3 is 10.6 Å². The molecular weight excluding hydrogens is 314 g/mol. The smallest absolute Gasteiger partial charge is 0.258 e. The van der Waals surface area contributed by atoms with Crippen LogP contribution < -0.4 is 10.6 Å². The summed E-state index contributed by atoms with van der Waals surface area (Å²) in [6, 6.07) is 13.4. The molecule has 2 heterocycles. The molecule has 25 heavy (non-hydrogen) atoms. The van der Waals surface area contributed by atoms with Gasteiger partial charge in [-0.1, -0.05) is 31.2 Å². The number of pyridine rings is 1. The second kappa shape index (κ2) is 8.01. The molecule has 126 valence electrons. The molecule has 0 fully saturated rings. The number of rotatable bonds is 6. The average molecular weight is 333 g/mol. The molecule has 2 aromatic heterocycles. The van der Waals surface area contributed by atoms with Gasteiger partial charge in [0, 0.05) is 24.3 Å². The van der Waals surface area contributed by atoms with Crippen LogP contribution in [0.25, 0.3) is 0 Å². The predicted molar refractivity (Wildman–Crippen MR) is 97.4 cm³/mol. The number of nitrogens with one attached hydrogen (secondary N) is 2. The highest BCUT2D eigenvalue weighted by atomic mass is 16.1. The molecule has 0 bridgehead atoms. The normalized spacial score (nSPS) is 10.3. The number of aromatic nitrogens is 3. The number of anilines is 2. The van der Waals surface area contributed by atoms with Gasteiger partial charge in [0.15, 0.2) is 0 Å². The van der Waals surface area contributed by atoms with Crippen LogP contribution in [0.1, 0.15) is 28.5 Å². The number of hydrogen-bond acceptors (Lipinski definition) is 5. The standard InChI is InChI=1S/C19H19N5O/c1-2-14-7-3-4-9-17(14)24-18(25)15-11-21-19(22-12-15)23-13-16-8-5-6-10-20-16/h3-12H,2,13H2,1H3,(H,24,25)(H,21,22,23). The minimum absolute atomic E-state index is 0.225. The molecule has 3 aromatic rings. The van der Waals surface area contributed by atoms with Gasteiger partial charge in [-0.05, 0) is 30.2 Å². The van der Waals surface area contributed by atoms with Gasteiger partial charge in [-0.15, -0.1) is 0 Å². The molecular formula is C19H19N5O. The van der Waals surface area contributed by atoms with Crippen molar-refractivity contribution in [2.24, 2.45) is 0 Å². The van der Waals surface area contributed by atoms with Gasteiger partial charge in [0.1, 0.15) is 0 Å². The van der Waals surface area contributed by atoms with Crippen LogP contribution in [0.3, 0.4) is 0 Å². The van der Waals surface area contributed by atoms with Crippen LogP contribution in [0.5, 0.6) is 0 Å². The third kappa shape index (κ3) is 4.38. The molecule has 6 heteroatoms. The Balaban J connectivity index is 1.62. The third-order valence-electron chi connectivity index (χ3n) is 3.71. The molecule has 0 saturated heterocycles. The molecule has 1 aromatic carbocycles. The van der Waals surface area contributed by atoms with Crippen molar-refractivity contribution in [2.75, 3.05) is 10.6 Å². The summed E-state index contributed by atoms with van der Waals surface area (Å²) < 4.78 is 0. The Morgan fingerprint density at radius 2 is 1.76 bits per heavy atom. The predicted octanol–water partition coefficient (Wildman–Crippen LogP) is 3.30. The van der Waals surface area contributed by atoms with E-state index in [1.54, 1.807) is 6.20 Å².